The van der Waals surface area contributed by atoms with Crippen molar-refractivity contribution < 1.29 is 4.39 Å². The minimum atomic E-state index is -1.03. The van der Waals surface area contributed by atoms with E-state index < -0.39 is 5.54 Å². The van der Waals surface area contributed by atoms with E-state index in [-0.39, 0.29) is 18.2 Å². The first kappa shape index (κ1) is 11.9. The molecule has 0 aliphatic rings. The number of benzene rings is 1. The third-order valence-electron chi connectivity index (χ3n) is 1.68. The Kier molecular flexibility index (Phi) is 3.86. The van der Waals surface area contributed by atoms with Crippen molar-refractivity contribution in [2.45, 2.75) is 12.5 Å². The molecule has 70 valence electrons. The van der Waals surface area contributed by atoms with Crippen LogP contribution in [0.25, 0.3) is 0 Å². The SMILES string of the molecule is CC(N)(C#N)c1ccc(F)cc1.Cl. The first-order chi connectivity index (χ1) is 5.56. The highest BCUT2D eigenvalue weighted by atomic mass is 35.5. The molecule has 0 aliphatic carbocycles. The lowest BCUT2D eigenvalue weighted by molar-refractivity contribution is 0.615. The maximum Gasteiger partial charge on any atom is 0.126 e. The molecule has 0 heterocycles. The zero-order valence-electron chi connectivity index (χ0n) is 7.12. The zero-order valence-corrected chi connectivity index (χ0v) is 7.94. The summed E-state index contributed by atoms with van der Waals surface area (Å²) in [5.74, 6) is -0.326. The predicted molar refractivity (Wildman–Crippen MR) is 50.8 cm³/mol. The van der Waals surface area contributed by atoms with Crippen molar-refractivity contribution in [2.24, 2.45) is 5.73 Å². The van der Waals surface area contributed by atoms with Gasteiger partial charge in [0.05, 0.1) is 6.07 Å². The largest absolute Gasteiger partial charge is 0.310 e. The fourth-order valence-electron chi connectivity index (χ4n) is 0.861. The van der Waals surface area contributed by atoms with Crippen molar-refractivity contribution in [2.75, 3.05) is 0 Å². The van der Waals surface area contributed by atoms with E-state index in [1.54, 1.807) is 6.92 Å². The molecule has 0 aromatic heterocycles. The number of halogens is 2. The first-order valence-electron chi connectivity index (χ1n) is 3.52. The van der Waals surface area contributed by atoms with Crippen LogP contribution in [0, 0.1) is 17.1 Å². The molecular weight excluding hydrogens is 191 g/mol. The Bertz CT molecular complexity index is 313. The van der Waals surface area contributed by atoms with Gasteiger partial charge in [0.15, 0.2) is 0 Å². The first-order valence-corrected chi connectivity index (χ1v) is 3.52. The third kappa shape index (κ3) is 2.69. The molecule has 1 aromatic rings. The lowest BCUT2D eigenvalue weighted by atomic mass is 9.95. The van der Waals surface area contributed by atoms with Crippen molar-refractivity contribution in [3.8, 4) is 6.07 Å². The monoisotopic (exact) mass is 200 g/mol. The smallest absolute Gasteiger partial charge is 0.126 e. The van der Waals surface area contributed by atoms with Gasteiger partial charge in [0.2, 0.25) is 0 Å². The fraction of sp³-hybridized carbons (Fsp3) is 0.222. The van der Waals surface area contributed by atoms with Gasteiger partial charge in [-0.05, 0) is 24.6 Å². The normalized spacial score (nSPS) is 13.7. The van der Waals surface area contributed by atoms with Gasteiger partial charge in [-0.1, -0.05) is 12.1 Å². The van der Waals surface area contributed by atoms with Crippen LogP contribution in [-0.2, 0) is 5.54 Å². The maximum absolute atomic E-state index is 12.5. The molecule has 4 heteroatoms. The second-order valence-electron chi connectivity index (χ2n) is 2.82. The topological polar surface area (TPSA) is 49.8 Å². The van der Waals surface area contributed by atoms with Crippen LogP contribution in [0.5, 0.6) is 0 Å². The van der Waals surface area contributed by atoms with Crippen LogP contribution in [0.1, 0.15) is 12.5 Å². The van der Waals surface area contributed by atoms with E-state index in [2.05, 4.69) is 0 Å². The molecule has 1 atom stereocenters. The Labute approximate surface area is 82.6 Å². The molecule has 1 rings (SSSR count). The average Bonchev–Trinajstić information content (AvgIpc) is 2.05. The standard InChI is InChI=1S/C9H9FN2.ClH/c1-9(12,6-11)7-2-4-8(10)5-3-7;/h2-5H,12H2,1H3;1H. The summed E-state index contributed by atoms with van der Waals surface area (Å²) in [5.41, 5.74) is 5.19. The molecule has 0 bridgehead atoms. The van der Waals surface area contributed by atoms with Gasteiger partial charge < -0.3 is 5.73 Å². The molecule has 2 nitrogen and oxygen atoms in total. The summed E-state index contributed by atoms with van der Waals surface area (Å²) >= 11 is 0. The number of hydrogen-bond donors (Lipinski definition) is 1. The van der Waals surface area contributed by atoms with Gasteiger partial charge >= 0.3 is 0 Å². The lowest BCUT2D eigenvalue weighted by Crippen LogP contribution is -2.30. The van der Waals surface area contributed by atoms with Crippen LogP contribution in [0.4, 0.5) is 4.39 Å². The number of hydrogen-bond acceptors (Lipinski definition) is 2. The highest BCUT2D eigenvalue weighted by molar-refractivity contribution is 5.85. The van der Waals surface area contributed by atoms with Crippen molar-refractivity contribution in [1.29, 1.82) is 5.26 Å². The third-order valence-corrected chi connectivity index (χ3v) is 1.68. The van der Waals surface area contributed by atoms with Crippen LogP contribution in [0.2, 0.25) is 0 Å². The molecule has 13 heavy (non-hydrogen) atoms. The van der Waals surface area contributed by atoms with E-state index in [1.807, 2.05) is 6.07 Å². The van der Waals surface area contributed by atoms with Gasteiger partial charge in [-0.2, -0.15) is 5.26 Å². The van der Waals surface area contributed by atoms with Crippen LogP contribution in [0.15, 0.2) is 24.3 Å². The van der Waals surface area contributed by atoms with Crippen LogP contribution >= 0.6 is 12.4 Å². The van der Waals surface area contributed by atoms with Crippen molar-refractivity contribution >= 4 is 12.4 Å². The lowest BCUT2D eigenvalue weighted by Gasteiger charge is -2.14. The molecular formula is C9H10ClFN2. The van der Waals surface area contributed by atoms with E-state index in [0.29, 0.717) is 5.56 Å². The molecule has 0 saturated carbocycles. The molecule has 0 saturated heterocycles. The van der Waals surface area contributed by atoms with E-state index in [0.717, 1.165) is 0 Å². The Balaban J connectivity index is 0.00000144. The molecule has 0 fully saturated rings. The number of nitrogens with two attached hydrogens (primary N) is 1. The van der Waals surface area contributed by atoms with Crippen molar-refractivity contribution in [1.82, 2.24) is 0 Å². The fourth-order valence-corrected chi connectivity index (χ4v) is 0.861. The summed E-state index contributed by atoms with van der Waals surface area (Å²) in [6.07, 6.45) is 0. The number of nitrogens with zero attached hydrogens (tertiary/aromatic N) is 1. The van der Waals surface area contributed by atoms with Gasteiger partial charge in [-0.15, -0.1) is 12.4 Å². The van der Waals surface area contributed by atoms with Crippen molar-refractivity contribution in [3.05, 3.63) is 35.6 Å². The van der Waals surface area contributed by atoms with Crippen molar-refractivity contribution in [3.63, 3.8) is 0 Å². The molecule has 0 spiro atoms. The van der Waals surface area contributed by atoms with E-state index in [1.165, 1.54) is 24.3 Å². The summed E-state index contributed by atoms with van der Waals surface area (Å²) in [7, 11) is 0. The second kappa shape index (κ2) is 4.22. The second-order valence-corrected chi connectivity index (χ2v) is 2.82. The van der Waals surface area contributed by atoms with Gasteiger partial charge in [0.25, 0.3) is 0 Å². The van der Waals surface area contributed by atoms with E-state index in [4.69, 9.17) is 11.0 Å². The summed E-state index contributed by atoms with van der Waals surface area (Å²) in [6.45, 7) is 1.58. The molecule has 0 amide bonds. The minimum Gasteiger partial charge on any atom is -0.310 e. The predicted octanol–water partition coefficient (Wildman–Crippen LogP) is 1.94. The van der Waals surface area contributed by atoms with Gasteiger partial charge in [0.1, 0.15) is 11.4 Å². The van der Waals surface area contributed by atoms with Crippen LogP contribution in [-0.4, -0.2) is 0 Å². The zero-order chi connectivity index (χ0) is 9.19. The maximum atomic E-state index is 12.5. The van der Waals surface area contributed by atoms with Gasteiger partial charge in [-0.25, -0.2) is 4.39 Å². The van der Waals surface area contributed by atoms with Gasteiger partial charge in [0, 0.05) is 0 Å². The highest BCUT2D eigenvalue weighted by Crippen LogP contribution is 2.16. The summed E-state index contributed by atoms with van der Waals surface area (Å²) < 4.78 is 12.5. The minimum absolute atomic E-state index is 0. The van der Waals surface area contributed by atoms with Gasteiger partial charge in [-0.3, -0.25) is 0 Å². The quantitative estimate of drug-likeness (QED) is 0.753. The molecule has 2 N–H and O–H groups in total. The Hall–Kier alpha value is -1.11. The molecule has 1 aromatic carbocycles. The molecule has 0 radical (unpaired) electrons. The molecule has 0 aliphatic heterocycles. The number of rotatable bonds is 1. The van der Waals surface area contributed by atoms with E-state index in [9.17, 15) is 4.39 Å². The summed E-state index contributed by atoms with van der Waals surface area (Å²) in [6, 6.07) is 7.54. The number of nitriles is 1. The Morgan fingerprint density at radius 2 is 1.85 bits per heavy atom. The van der Waals surface area contributed by atoms with Crippen LogP contribution in [0.3, 0.4) is 0 Å². The summed E-state index contributed by atoms with van der Waals surface area (Å²) in [5, 5.41) is 8.65. The highest BCUT2D eigenvalue weighted by Gasteiger charge is 2.19. The summed E-state index contributed by atoms with van der Waals surface area (Å²) in [4.78, 5) is 0. The van der Waals surface area contributed by atoms with E-state index >= 15 is 0 Å². The average molecular weight is 201 g/mol. The molecule has 1 unspecified atom stereocenters. The Morgan fingerprint density at radius 3 is 2.23 bits per heavy atom. The Morgan fingerprint density at radius 1 is 1.38 bits per heavy atom. The van der Waals surface area contributed by atoms with Crippen LogP contribution < -0.4 is 5.73 Å².